The molecule has 5 rings (SSSR count). The molecule has 0 radical (unpaired) electrons. The lowest BCUT2D eigenvalue weighted by Crippen LogP contribution is -2.37. The number of hydrogen-bond donors (Lipinski definition) is 2. The fourth-order valence-corrected chi connectivity index (χ4v) is 5.38. The minimum Gasteiger partial charge on any atom is -0.378 e. The van der Waals surface area contributed by atoms with Gasteiger partial charge in [0.15, 0.2) is 5.78 Å². The highest BCUT2D eigenvalue weighted by Gasteiger charge is 2.41. The molecule has 5 nitrogen and oxygen atoms in total. The molecule has 2 atom stereocenters. The van der Waals surface area contributed by atoms with Crippen molar-refractivity contribution < 1.29 is 18.4 Å². The predicted molar refractivity (Wildman–Crippen MR) is 145 cm³/mol. The van der Waals surface area contributed by atoms with Crippen LogP contribution in [0.25, 0.3) is 0 Å². The van der Waals surface area contributed by atoms with E-state index in [1.54, 1.807) is 6.92 Å². The minimum absolute atomic E-state index is 0.0277. The predicted octanol–water partition coefficient (Wildman–Crippen LogP) is 6.03. The van der Waals surface area contributed by atoms with E-state index in [0.717, 1.165) is 34.6 Å². The van der Waals surface area contributed by atoms with Gasteiger partial charge in [-0.1, -0.05) is 42.5 Å². The number of nitrogens with one attached hydrogen (secondary N) is 2. The average Bonchev–Trinajstić information content (AvgIpc) is 2.90. The summed E-state index contributed by atoms with van der Waals surface area (Å²) in [6.07, 6.45) is 0.966. The van der Waals surface area contributed by atoms with Crippen molar-refractivity contribution in [3.05, 3.63) is 118 Å². The quantitative estimate of drug-likeness (QED) is 0.437. The molecule has 0 bridgehead atoms. The van der Waals surface area contributed by atoms with Crippen molar-refractivity contribution in [2.75, 3.05) is 24.3 Å². The van der Waals surface area contributed by atoms with Crippen LogP contribution in [-0.4, -0.2) is 25.8 Å². The zero-order valence-corrected chi connectivity index (χ0v) is 21.5. The molecule has 7 heteroatoms. The van der Waals surface area contributed by atoms with Crippen molar-refractivity contribution in [3.63, 3.8) is 0 Å². The second-order valence-corrected chi connectivity index (χ2v) is 9.99. The minimum atomic E-state index is -0.869. The number of carbonyl (C=O) groups is 2. The molecule has 3 aromatic carbocycles. The van der Waals surface area contributed by atoms with E-state index in [1.165, 1.54) is 6.07 Å². The summed E-state index contributed by atoms with van der Waals surface area (Å²) in [6, 6.07) is 20.7. The Kier molecular flexibility index (Phi) is 6.85. The number of hydrogen-bond acceptors (Lipinski definition) is 4. The van der Waals surface area contributed by atoms with Gasteiger partial charge in [0.05, 0.1) is 5.69 Å². The Morgan fingerprint density at radius 2 is 1.66 bits per heavy atom. The Morgan fingerprint density at radius 3 is 2.32 bits per heavy atom. The highest BCUT2D eigenvalue weighted by atomic mass is 19.1. The molecule has 0 aromatic heterocycles. The van der Waals surface area contributed by atoms with Crippen LogP contribution >= 0.6 is 0 Å². The first kappa shape index (κ1) is 25.4. The highest BCUT2D eigenvalue weighted by molar-refractivity contribution is 6.10. The van der Waals surface area contributed by atoms with Crippen molar-refractivity contribution >= 4 is 23.1 Å². The van der Waals surface area contributed by atoms with Crippen LogP contribution in [-0.2, 0) is 9.59 Å². The van der Waals surface area contributed by atoms with E-state index in [0.29, 0.717) is 29.7 Å². The molecular formula is C31H29F2N3O2. The molecule has 1 aliphatic heterocycles. The number of anilines is 2. The number of allylic oxidation sites excluding steroid dienone is 3. The van der Waals surface area contributed by atoms with Crippen molar-refractivity contribution in [3.8, 4) is 0 Å². The first-order valence-electron chi connectivity index (χ1n) is 12.6. The van der Waals surface area contributed by atoms with Gasteiger partial charge in [0, 0.05) is 60.7 Å². The summed E-state index contributed by atoms with van der Waals surface area (Å²) in [5.74, 6) is -2.78. The first-order chi connectivity index (χ1) is 18.2. The molecular weight excluding hydrogens is 484 g/mol. The van der Waals surface area contributed by atoms with Crippen LogP contribution in [0, 0.1) is 11.6 Å². The van der Waals surface area contributed by atoms with Crippen molar-refractivity contribution in [1.82, 2.24) is 5.32 Å². The number of rotatable bonds is 5. The number of halogens is 2. The highest BCUT2D eigenvalue weighted by Crippen LogP contribution is 2.46. The van der Waals surface area contributed by atoms with Gasteiger partial charge in [-0.15, -0.1) is 0 Å². The van der Waals surface area contributed by atoms with Crippen molar-refractivity contribution in [2.45, 2.75) is 31.6 Å². The van der Waals surface area contributed by atoms with Gasteiger partial charge < -0.3 is 15.5 Å². The largest absolute Gasteiger partial charge is 0.378 e. The van der Waals surface area contributed by atoms with E-state index < -0.39 is 23.5 Å². The first-order valence-corrected chi connectivity index (χ1v) is 12.6. The maximum Gasteiger partial charge on any atom is 0.254 e. The van der Waals surface area contributed by atoms with Crippen LogP contribution in [0.4, 0.5) is 20.2 Å². The van der Waals surface area contributed by atoms with Crippen molar-refractivity contribution in [1.29, 1.82) is 0 Å². The van der Waals surface area contributed by atoms with Crippen LogP contribution in [0.1, 0.15) is 42.7 Å². The summed E-state index contributed by atoms with van der Waals surface area (Å²) in [4.78, 5) is 29.3. The Morgan fingerprint density at radius 1 is 0.947 bits per heavy atom. The molecule has 0 saturated heterocycles. The van der Waals surface area contributed by atoms with E-state index in [-0.39, 0.29) is 17.4 Å². The van der Waals surface area contributed by atoms with E-state index in [9.17, 15) is 18.4 Å². The van der Waals surface area contributed by atoms with Crippen LogP contribution in [0.3, 0.4) is 0 Å². The molecule has 3 aromatic rings. The Bertz CT molecular complexity index is 1460. The molecule has 2 N–H and O–H groups in total. The zero-order valence-electron chi connectivity index (χ0n) is 21.5. The molecule has 1 heterocycles. The number of ketones is 1. The molecule has 38 heavy (non-hydrogen) atoms. The third-order valence-corrected chi connectivity index (χ3v) is 7.27. The second kappa shape index (κ2) is 10.2. The number of nitrogens with zero attached hydrogens (tertiary/aromatic N) is 1. The molecule has 1 amide bonds. The number of Topliss-reactive ketones (excluding diaryl/α,β-unsaturated/α-hetero) is 1. The lowest BCUT2D eigenvalue weighted by atomic mass is 9.71. The lowest BCUT2D eigenvalue weighted by molar-refractivity contribution is -0.116. The number of benzene rings is 3. The Hall–Kier alpha value is -4.26. The third kappa shape index (κ3) is 4.84. The van der Waals surface area contributed by atoms with Gasteiger partial charge >= 0.3 is 0 Å². The second-order valence-electron chi connectivity index (χ2n) is 9.99. The molecule has 1 aliphatic carbocycles. The summed E-state index contributed by atoms with van der Waals surface area (Å²) in [7, 11) is 3.88. The van der Waals surface area contributed by atoms with Gasteiger partial charge in [-0.05, 0) is 54.7 Å². The molecule has 0 spiro atoms. The maximum atomic E-state index is 14.4. The Labute approximate surface area is 220 Å². The fraction of sp³-hybridized carbons (Fsp3) is 0.226. The van der Waals surface area contributed by atoms with Gasteiger partial charge in [-0.25, -0.2) is 8.78 Å². The summed E-state index contributed by atoms with van der Waals surface area (Å²) < 4.78 is 27.8. The van der Waals surface area contributed by atoms with Gasteiger partial charge in [0.25, 0.3) is 5.91 Å². The molecule has 0 saturated carbocycles. The third-order valence-electron chi connectivity index (χ3n) is 7.27. The van der Waals surface area contributed by atoms with E-state index >= 15 is 0 Å². The lowest BCUT2D eigenvalue weighted by Gasteiger charge is -2.37. The van der Waals surface area contributed by atoms with Crippen molar-refractivity contribution in [2.24, 2.45) is 0 Å². The topological polar surface area (TPSA) is 61.4 Å². The average molecular weight is 514 g/mol. The summed E-state index contributed by atoms with van der Waals surface area (Å²) in [5, 5.41) is 5.93. The number of amides is 1. The van der Waals surface area contributed by atoms with E-state index in [4.69, 9.17) is 0 Å². The monoisotopic (exact) mass is 513 g/mol. The van der Waals surface area contributed by atoms with Crippen LogP contribution in [0.5, 0.6) is 0 Å². The van der Waals surface area contributed by atoms with Gasteiger partial charge in [-0.3, -0.25) is 9.59 Å². The van der Waals surface area contributed by atoms with Gasteiger partial charge in [0.2, 0.25) is 0 Å². The SMILES string of the molecule is CC1=C(C(=O)Nc2ccc(F)cc2F)[C@@H](c2ccc(N(C)C)cc2)C2=C(C[C@H](c3ccccc3)CC2=O)N1. The summed E-state index contributed by atoms with van der Waals surface area (Å²) in [5.41, 5.74) is 5.03. The smallest absolute Gasteiger partial charge is 0.254 e. The summed E-state index contributed by atoms with van der Waals surface area (Å²) >= 11 is 0. The normalized spacial score (nSPS) is 19.1. The Balaban J connectivity index is 1.57. The maximum absolute atomic E-state index is 14.4. The zero-order chi connectivity index (χ0) is 27.0. The van der Waals surface area contributed by atoms with Crippen LogP contribution in [0.2, 0.25) is 0 Å². The molecule has 194 valence electrons. The van der Waals surface area contributed by atoms with Gasteiger partial charge in [0.1, 0.15) is 11.6 Å². The van der Waals surface area contributed by atoms with Crippen LogP contribution < -0.4 is 15.5 Å². The number of carbonyl (C=O) groups excluding carboxylic acids is 2. The van der Waals surface area contributed by atoms with Gasteiger partial charge in [-0.2, -0.15) is 0 Å². The molecule has 0 fully saturated rings. The number of dihydropyridines is 1. The van der Waals surface area contributed by atoms with E-state index in [2.05, 4.69) is 10.6 Å². The standard InChI is InChI=1S/C31H29F2N3O2/c1-18-28(31(38)35-25-14-11-22(32)17-24(25)33)29(20-9-12-23(13-10-20)36(2)3)30-26(34-18)15-21(16-27(30)37)19-7-5-4-6-8-19/h4-14,17,21,29,34H,15-16H2,1-3H3,(H,35,38)/t21-,29+/m0/s1. The van der Waals surface area contributed by atoms with Crippen LogP contribution in [0.15, 0.2) is 95.3 Å². The summed E-state index contributed by atoms with van der Waals surface area (Å²) in [6.45, 7) is 1.79. The van der Waals surface area contributed by atoms with E-state index in [1.807, 2.05) is 73.6 Å². The molecule has 0 unspecified atom stereocenters. The fourth-order valence-electron chi connectivity index (χ4n) is 5.38. The molecule has 2 aliphatic rings.